The lowest BCUT2D eigenvalue weighted by atomic mass is 9.74. The fraction of sp³-hybridized carbons (Fsp3) is 0.321. The van der Waals surface area contributed by atoms with Crippen LogP contribution in [0.3, 0.4) is 0 Å². The van der Waals surface area contributed by atoms with Gasteiger partial charge < -0.3 is 14.2 Å². The molecule has 6 rings (SSSR count). The van der Waals surface area contributed by atoms with Crippen LogP contribution in [0, 0.1) is 18.8 Å². The van der Waals surface area contributed by atoms with E-state index in [2.05, 4.69) is 4.98 Å². The van der Waals surface area contributed by atoms with Gasteiger partial charge in [-0.3, -0.25) is 29.1 Å². The standard InChI is InChI=1S/C28H26N4O5/c1-17-11-12-20(37-17)24-22-23(26(35)30(2)25(22)34)28(14-18-8-4-3-5-9-18)27(36)31(16-21(33)32(24)28)15-19-10-6-7-13-29-19/h3-13,22-24H,14-16H2,1-2H3/t22?,23?,24?,28-/m1/s1. The Morgan fingerprint density at radius 3 is 2.41 bits per heavy atom. The molecule has 1 aromatic carbocycles. The largest absolute Gasteiger partial charge is 0.464 e. The van der Waals surface area contributed by atoms with Crippen LogP contribution in [0.25, 0.3) is 0 Å². The van der Waals surface area contributed by atoms with E-state index in [4.69, 9.17) is 4.42 Å². The number of nitrogens with zero attached hydrogens (tertiary/aromatic N) is 4. The summed E-state index contributed by atoms with van der Waals surface area (Å²) in [7, 11) is 1.44. The molecule has 3 fully saturated rings. The van der Waals surface area contributed by atoms with Gasteiger partial charge in [-0.05, 0) is 36.8 Å². The molecule has 3 aliphatic rings. The number of piperazine rings is 1. The minimum Gasteiger partial charge on any atom is -0.464 e. The molecule has 2 aromatic heterocycles. The number of likely N-dealkylation sites (tertiary alicyclic amines) is 1. The van der Waals surface area contributed by atoms with Gasteiger partial charge in [0.25, 0.3) is 5.91 Å². The molecule has 9 nitrogen and oxygen atoms in total. The highest BCUT2D eigenvalue weighted by atomic mass is 16.3. The van der Waals surface area contributed by atoms with Crippen molar-refractivity contribution in [2.24, 2.45) is 11.8 Å². The molecule has 0 saturated carbocycles. The summed E-state index contributed by atoms with van der Waals surface area (Å²) in [4.78, 5) is 64.1. The maximum absolute atomic E-state index is 14.6. The Hall–Kier alpha value is -4.27. The molecule has 0 bridgehead atoms. The number of furan rings is 1. The van der Waals surface area contributed by atoms with Crippen molar-refractivity contribution in [2.45, 2.75) is 31.5 Å². The van der Waals surface area contributed by atoms with Gasteiger partial charge in [-0.15, -0.1) is 0 Å². The third-order valence-electron chi connectivity index (χ3n) is 7.83. The van der Waals surface area contributed by atoms with E-state index in [-0.39, 0.29) is 31.3 Å². The van der Waals surface area contributed by atoms with Crippen molar-refractivity contribution in [3.8, 4) is 0 Å². The Labute approximate surface area is 213 Å². The van der Waals surface area contributed by atoms with E-state index in [1.165, 1.54) is 16.8 Å². The van der Waals surface area contributed by atoms with Crippen molar-refractivity contribution < 1.29 is 23.6 Å². The fourth-order valence-electron chi connectivity index (χ4n) is 6.32. The van der Waals surface area contributed by atoms with E-state index in [0.29, 0.717) is 17.2 Å². The first-order valence-electron chi connectivity index (χ1n) is 12.3. The van der Waals surface area contributed by atoms with Crippen molar-refractivity contribution in [1.82, 2.24) is 19.7 Å². The number of benzene rings is 1. The highest BCUT2D eigenvalue weighted by Gasteiger charge is 2.74. The zero-order chi connectivity index (χ0) is 25.9. The molecule has 3 unspecified atom stereocenters. The Bertz CT molecular complexity index is 1400. The van der Waals surface area contributed by atoms with Crippen LogP contribution in [0.1, 0.15) is 28.8 Å². The summed E-state index contributed by atoms with van der Waals surface area (Å²) in [6.07, 6.45) is 1.73. The lowest BCUT2D eigenvalue weighted by Gasteiger charge is -2.48. The SMILES string of the molecule is Cc1ccc(C2C3C(=O)N(C)C(=O)C3[C@]3(Cc4ccccc4)C(=O)N(Cc4ccccn4)CC(=O)N23)o1. The third-order valence-corrected chi connectivity index (χ3v) is 7.83. The van der Waals surface area contributed by atoms with Crippen LogP contribution in [0.15, 0.2) is 71.3 Å². The number of rotatable bonds is 5. The van der Waals surface area contributed by atoms with E-state index in [0.717, 1.165) is 10.5 Å². The zero-order valence-corrected chi connectivity index (χ0v) is 20.5. The summed E-state index contributed by atoms with van der Waals surface area (Å²) >= 11 is 0. The molecular weight excluding hydrogens is 472 g/mol. The van der Waals surface area contributed by atoms with Crippen molar-refractivity contribution >= 4 is 23.6 Å². The lowest BCUT2D eigenvalue weighted by Crippen LogP contribution is -2.69. The van der Waals surface area contributed by atoms with E-state index in [1.54, 1.807) is 37.4 Å². The van der Waals surface area contributed by atoms with Crippen LogP contribution >= 0.6 is 0 Å². The van der Waals surface area contributed by atoms with Gasteiger partial charge in [0.1, 0.15) is 29.6 Å². The minimum absolute atomic E-state index is 0.0986. The molecule has 9 heteroatoms. The van der Waals surface area contributed by atoms with Crippen molar-refractivity contribution in [1.29, 1.82) is 0 Å². The smallest absolute Gasteiger partial charge is 0.250 e. The number of fused-ring (bicyclic) bond motifs is 3. The summed E-state index contributed by atoms with van der Waals surface area (Å²) in [6, 6.07) is 17.3. The van der Waals surface area contributed by atoms with Gasteiger partial charge in [0, 0.05) is 19.7 Å². The van der Waals surface area contributed by atoms with Crippen LogP contribution in [0.2, 0.25) is 0 Å². The number of aromatic nitrogens is 1. The summed E-state index contributed by atoms with van der Waals surface area (Å²) in [6.45, 7) is 1.72. The molecule has 0 aliphatic carbocycles. The Morgan fingerprint density at radius 1 is 0.973 bits per heavy atom. The van der Waals surface area contributed by atoms with Crippen LogP contribution in [0.4, 0.5) is 0 Å². The second-order valence-corrected chi connectivity index (χ2v) is 9.96. The molecule has 3 aliphatic heterocycles. The molecule has 3 saturated heterocycles. The first-order chi connectivity index (χ1) is 17.8. The molecule has 3 aromatic rings. The Balaban J connectivity index is 1.55. The maximum Gasteiger partial charge on any atom is 0.250 e. The Morgan fingerprint density at radius 2 is 1.73 bits per heavy atom. The van der Waals surface area contributed by atoms with Crippen LogP contribution in [-0.4, -0.2) is 62.4 Å². The van der Waals surface area contributed by atoms with Crippen molar-refractivity contribution in [3.05, 3.63) is 89.6 Å². The quantitative estimate of drug-likeness (QED) is 0.499. The normalized spacial score (nSPS) is 27.2. The van der Waals surface area contributed by atoms with Gasteiger partial charge in [0.15, 0.2) is 0 Å². The molecule has 0 spiro atoms. The van der Waals surface area contributed by atoms with Crippen LogP contribution in [-0.2, 0) is 32.1 Å². The summed E-state index contributed by atoms with van der Waals surface area (Å²) < 4.78 is 5.93. The van der Waals surface area contributed by atoms with E-state index in [1.807, 2.05) is 36.4 Å². The predicted molar refractivity (Wildman–Crippen MR) is 130 cm³/mol. The molecule has 4 amide bonds. The van der Waals surface area contributed by atoms with Gasteiger partial charge in [0.2, 0.25) is 17.7 Å². The summed E-state index contributed by atoms with van der Waals surface area (Å²) in [5.74, 6) is -2.50. The topological polar surface area (TPSA) is 104 Å². The molecule has 4 atom stereocenters. The third kappa shape index (κ3) is 3.33. The first kappa shape index (κ1) is 23.1. The van der Waals surface area contributed by atoms with E-state index < -0.39 is 35.2 Å². The highest BCUT2D eigenvalue weighted by Crippen LogP contribution is 2.57. The fourth-order valence-corrected chi connectivity index (χ4v) is 6.32. The van der Waals surface area contributed by atoms with Gasteiger partial charge in [-0.2, -0.15) is 0 Å². The van der Waals surface area contributed by atoms with E-state index >= 15 is 0 Å². The molecule has 188 valence electrons. The second kappa shape index (κ2) is 8.40. The van der Waals surface area contributed by atoms with Crippen LogP contribution < -0.4 is 0 Å². The molecule has 0 radical (unpaired) electrons. The van der Waals surface area contributed by atoms with Gasteiger partial charge in [-0.1, -0.05) is 36.4 Å². The van der Waals surface area contributed by atoms with Crippen LogP contribution in [0.5, 0.6) is 0 Å². The van der Waals surface area contributed by atoms with Crippen molar-refractivity contribution in [3.63, 3.8) is 0 Å². The minimum atomic E-state index is -1.58. The zero-order valence-electron chi connectivity index (χ0n) is 20.5. The number of imide groups is 1. The van der Waals surface area contributed by atoms with Gasteiger partial charge in [-0.25, -0.2) is 0 Å². The summed E-state index contributed by atoms with van der Waals surface area (Å²) in [5.41, 5.74) is -0.164. The second-order valence-electron chi connectivity index (χ2n) is 9.96. The highest BCUT2D eigenvalue weighted by molar-refractivity contribution is 6.12. The first-order valence-corrected chi connectivity index (χ1v) is 12.3. The number of hydrogen-bond donors (Lipinski definition) is 0. The van der Waals surface area contributed by atoms with Gasteiger partial charge in [0.05, 0.1) is 24.1 Å². The number of aryl methyl sites for hydroxylation is 1. The number of hydrogen-bond acceptors (Lipinski definition) is 6. The Kier molecular flexibility index (Phi) is 5.25. The van der Waals surface area contributed by atoms with E-state index in [9.17, 15) is 19.2 Å². The molecule has 0 N–H and O–H groups in total. The predicted octanol–water partition coefficient (Wildman–Crippen LogP) is 2.12. The average molecular weight is 499 g/mol. The number of amides is 4. The van der Waals surface area contributed by atoms with Crippen molar-refractivity contribution in [2.75, 3.05) is 13.6 Å². The average Bonchev–Trinajstić information content (AvgIpc) is 3.52. The maximum atomic E-state index is 14.6. The molecule has 5 heterocycles. The lowest BCUT2D eigenvalue weighted by molar-refractivity contribution is -0.170. The molecule has 37 heavy (non-hydrogen) atoms. The van der Waals surface area contributed by atoms with Gasteiger partial charge >= 0.3 is 0 Å². The number of pyridine rings is 1. The number of carbonyl (C=O) groups excluding carboxylic acids is 4. The summed E-state index contributed by atoms with van der Waals surface area (Å²) in [5, 5.41) is 0. The molecular formula is C28H26N4O5. The monoisotopic (exact) mass is 498 g/mol. The number of carbonyl (C=O) groups is 4.